The van der Waals surface area contributed by atoms with E-state index >= 15 is 0 Å². The van der Waals surface area contributed by atoms with Gasteiger partial charge in [0.2, 0.25) is 0 Å². The Labute approximate surface area is 234 Å². The number of hydrogen-bond donors (Lipinski definition) is 1. The molecule has 1 saturated heterocycles. The predicted octanol–water partition coefficient (Wildman–Crippen LogP) is 6.50. The summed E-state index contributed by atoms with van der Waals surface area (Å²) in [5, 5.41) is 15.1. The highest BCUT2D eigenvalue weighted by Gasteiger charge is 2.42. The van der Waals surface area contributed by atoms with Gasteiger partial charge in [-0.3, -0.25) is 20.1 Å². The number of benzene rings is 2. The van der Waals surface area contributed by atoms with Gasteiger partial charge in [0.25, 0.3) is 5.69 Å². The van der Waals surface area contributed by atoms with Crippen LogP contribution in [0, 0.1) is 10.1 Å². The maximum Gasteiger partial charge on any atom is 0.269 e. The average Bonchev–Trinajstić information content (AvgIpc) is 3.59. The number of anilines is 1. The zero-order valence-electron chi connectivity index (χ0n) is 20.5. The Morgan fingerprint density at radius 3 is 2.23 bits per heavy atom. The Balaban J connectivity index is 1.35. The molecule has 6 rings (SSSR count). The minimum atomic E-state index is -0.393. The molecule has 5 aromatic rings. The molecule has 1 N–H and O–H groups in total. The van der Waals surface area contributed by atoms with Gasteiger partial charge in [-0.15, -0.1) is 0 Å². The number of aromatic nitrogens is 3. The first-order valence-electron chi connectivity index (χ1n) is 12.2. The molecule has 192 valence electrons. The number of nitrogens with one attached hydrogen (secondary N) is 1. The van der Waals surface area contributed by atoms with E-state index in [2.05, 4.69) is 43.0 Å². The molecule has 1 fully saturated rings. The molecule has 0 spiro atoms. The van der Waals surface area contributed by atoms with Crippen molar-refractivity contribution < 1.29 is 4.92 Å². The first-order chi connectivity index (χ1) is 19.1. The minimum absolute atomic E-state index is 0.0785. The Morgan fingerprint density at radius 2 is 1.56 bits per heavy atom. The van der Waals surface area contributed by atoms with Gasteiger partial charge < -0.3 is 14.8 Å². The van der Waals surface area contributed by atoms with Crippen molar-refractivity contribution in [2.45, 2.75) is 21.9 Å². The monoisotopic (exact) mass is 550 g/mol. The summed E-state index contributed by atoms with van der Waals surface area (Å²) >= 11 is 7.44. The van der Waals surface area contributed by atoms with Crippen LogP contribution in [0.3, 0.4) is 0 Å². The van der Waals surface area contributed by atoms with E-state index < -0.39 is 4.92 Å². The van der Waals surface area contributed by atoms with Crippen molar-refractivity contribution in [2.75, 3.05) is 4.90 Å². The third-order valence-corrected chi connectivity index (χ3v) is 7.85. The van der Waals surface area contributed by atoms with Crippen molar-refractivity contribution >= 4 is 40.5 Å². The van der Waals surface area contributed by atoms with Crippen LogP contribution in [0.15, 0.2) is 126 Å². The summed E-state index contributed by atoms with van der Waals surface area (Å²) in [7, 11) is 0. The Hall–Kier alpha value is -4.54. The lowest BCUT2D eigenvalue weighted by Gasteiger charge is -2.29. The lowest BCUT2D eigenvalue weighted by molar-refractivity contribution is -0.384. The van der Waals surface area contributed by atoms with E-state index in [-0.39, 0.29) is 17.8 Å². The Bertz CT molecular complexity index is 1610. The van der Waals surface area contributed by atoms with E-state index in [1.54, 1.807) is 42.5 Å². The molecule has 1 aliphatic rings. The zero-order valence-corrected chi connectivity index (χ0v) is 22.1. The average molecular weight is 551 g/mol. The van der Waals surface area contributed by atoms with Crippen LogP contribution in [0.4, 0.5) is 11.4 Å². The quantitative estimate of drug-likeness (QED) is 0.139. The standard InChI is InChI=1S/C29H22N6O2S2/c36-35(37)22-8-12-24(13-9-22)39-23-10-6-21(7-11-23)34-28(27(32-29(34)38)25-4-1-2-16-31-25)26-5-3-19-33(26)20-14-17-30-18-15-20/h1-19,27-28H,(H,32,38)/t27-,28+/m1/s1. The molecule has 1 aliphatic heterocycles. The van der Waals surface area contributed by atoms with Crippen molar-refractivity contribution in [2.24, 2.45) is 0 Å². The number of thiocarbonyl (C=S) groups is 1. The minimum Gasteiger partial charge on any atom is -0.351 e. The second kappa shape index (κ2) is 10.7. The van der Waals surface area contributed by atoms with Crippen molar-refractivity contribution in [3.63, 3.8) is 0 Å². The van der Waals surface area contributed by atoms with Gasteiger partial charge in [-0.2, -0.15) is 0 Å². The van der Waals surface area contributed by atoms with Crippen molar-refractivity contribution in [1.82, 2.24) is 19.9 Å². The Morgan fingerprint density at radius 1 is 0.846 bits per heavy atom. The first-order valence-corrected chi connectivity index (χ1v) is 13.4. The number of hydrogen-bond acceptors (Lipinski definition) is 6. The summed E-state index contributed by atoms with van der Waals surface area (Å²) in [5.41, 5.74) is 4.01. The molecule has 0 unspecified atom stereocenters. The molecule has 0 aliphatic carbocycles. The highest BCUT2D eigenvalue weighted by molar-refractivity contribution is 7.99. The molecule has 39 heavy (non-hydrogen) atoms. The van der Waals surface area contributed by atoms with Crippen LogP contribution in [0.25, 0.3) is 5.69 Å². The summed E-state index contributed by atoms with van der Waals surface area (Å²) in [5.74, 6) is 0. The fourth-order valence-corrected chi connectivity index (χ4v) is 5.92. The molecule has 0 radical (unpaired) electrons. The second-order valence-electron chi connectivity index (χ2n) is 8.85. The van der Waals surface area contributed by atoms with E-state index in [0.29, 0.717) is 5.11 Å². The van der Waals surface area contributed by atoms with E-state index in [4.69, 9.17) is 12.2 Å². The largest absolute Gasteiger partial charge is 0.351 e. The first kappa shape index (κ1) is 24.8. The van der Waals surface area contributed by atoms with Crippen LogP contribution in [-0.4, -0.2) is 24.6 Å². The van der Waals surface area contributed by atoms with Crippen LogP contribution >= 0.6 is 24.0 Å². The van der Waals surface area contributed by atoms with E-state index in [1.807, 2.05) is 54.7 Å². The molecular formula is C29H22N6O2S2. The maximum atomic E-state index is 11.0. The van der Waals surface area contributed by atoms with Gasteiger partial charge in [0.15, 0.2) is 5.11 Å². The van der Waals surface area contributed by atoms with Gasteiger partial charge in [0.1, 0.15) is 6.04 Å². The van der Waals surface area contributed by atoms with Gasteiger partial charge in [0.05, 0.1) is 16.7 Å². The smallest absolute Gasteiger partial charge is 0.269 e. The predicted molar refractivity (Wildman–Crippen MR) is 155 cm³/mol. The molecule has 2 aromatic carbocycles. The number of nitro benzene ring substituents is 1. The lowest BCUT2D eigenvalue weighted by atomic mass is 10.0. The van der Waals surface area contributed by atoms with Crippen LogP contribution < -0.4 is 10.2 Å². The fraction of sp³-hybridized carbons (Fsp3) is 0.0690. The molecule has 4 heterocycles. The van der Waals surface area contributed by atoms with E-state index in [9.17, 15) is 10.1 Å². The zero-order chi connectivity index (χ0) is 26.8. The molecule has 0 bridgehead atoms. The molecule has 0 amide bonds. The summed E-state index contributed by atoms with van der Waals surface area (Å²) < 4.78 is 2.16. The van der Waals surface area contributed by atoms with Crippen LogP contribution in [0.5, 0.6) is 0 Å². The number of non-ortho nitro benzene ring substituents is 1. The molecule has 2 atom stereocenters. The normalized spacial score (nSPS) is 16.7. The van der Waals surface area contributed by atoms with Gasteiger partial charge in [-0.25, -0.2) is 0 Å². The molecule has 8 nitrogen and oxygen atoms in total. The van der Waals surface area contributed by atoms with E-state index in [1.165, 1.54) is 12.1 Å². The Kier molecular flexibility index (Phi) is 6.78. The van der Waals surface area contributed by atoms with Crippen LogP contribution in [0.1, 0.15) is 23.5 Å². The van der Waals surface area contributed by atoms with Crippen LogP contribution in [-0.2, 0) is 0 Å². The second-order valence-corrected chi connectivity index (χ2v) is 10.4. The van der Waals surface area contributed by atoms with Gasteiger partial charge in [-0.1, -0.05) is 17.8 Å². The third kappa shape index (κ3) is 4.99. The number of pyridine rings is 2. The molecule has 3 aromatic heterocycles. The highest BCUT2D eigenvalue weighted by atomic mass is 32.2. The molecule has 0 saturated carbocycles. The summed E-state index contributed by atoms with van der Waals surface area (Å²) in [6.45, 7) is 0. The SMILES string of the molecule is O=[N+]([O-])c1ccc(Sc2ccc(N3C(=S)N[C@H](c4ccccn4)[C@@H]3c3cccn3-c3ccncc3)cc2)cc1. The fourth-order valence-electron chi connectivity index (χ4n) is 4.76. The van der Waals surface area contributed by atoms with Crippen LogP contribution in [0.2, 0.25) is 0 Å². The van der Waals surface area contributed by atoms with Gasteiger partial charge in [-0.05, 0) is 85.0 Å². The topological polar surface area (TPSA) is 89.1 Å². The molecule has 10 heteroatoms. The van der Waals surface area contributed by atoms with Crippen molar-refractivity contribution in [3.8, 4) is 5.69 Å². The summed E-state index contributed by atoms with van der Waals surface area (Å²) in [4.78, 5) is 23.5. The number of rotatable bonds is 7. The molecular weight excluding hydrogens is 528 g/mol. The number of nitro groups is 1. The van der Waals surface area contributed by atoms with Gasteiger partial charge in [0, 0.05) is 63.8 Å². The van der Waals surface area contributed by atoms with E-state index in [0.717, 1.165) is 32.6 Å². The van der Waals surface area contributed by atoms with Crippen molar-refractivity contribution in [1.29, 1.82) is 0 Å². The van der Waals surface area contributed by atoms with Crippen molar-refractivity contribution in [3.05, 3.63) is 137 Å². The summed E-state index contributed by atoms with van der Waals surface area (Å²) in [6, 6.07) is 28.4. The highest BCUT2D eigenvalue weighted by Crippen LogP contribution is 2.42. The maximum absolute atomic E-state index is 11.0. The summed E-state index contributed by atoms with van der Waals surface area (Å²) in [6.07, 6.45) is 7.41. The third-order valence-electron chi connectivity index (χ3n) is 6.52. The van der Waals surface area contributed by atoms with Gasteiger partial charge >= 0.3 is 0 Å². The lowest BCUT2D eigenvalue weighted by Crippen LogP contribution is -2.30. The number of nitrogens with zero attached hydrogens (tertiary/aromatic N) is 5.